The molecule has 5 heterocycles. The molecule has 0 amide bonds. The van der Waals surface area contributed by atoms with Crippen molar-refractivity contribution < 1.29 is 14.2 Å². The first-order valence-electron chi connectivity index (χ1n) is 13.6. The maximum absolute atomic E-state index is 16.5. The highest BCUT2D eigenvalue weighted by molar-refractivity contribution is 6.36. The summed E-state index contributed by atoms with van der Waals surface area (Å²) in [6.07, 6.45) is 6.02. The number of fused-ring (bicyclic) bond motifs is 4. The number of aromatic nitrogens is 3. The van der Waals surface area contributed by atoms with E-state index in [0.29, 0.717) is 40.8 Å². The van der Waals surface area contributed by atoms with Gasteiger partial charge < -0.3 is 25.0 Å². The number of phenolic OH excluding ortho intramolecular Hbond substituents is 1. The van der Waals surface area contributed by atoms with Gasteiger partial charge in [-0.3, -0.25) is 4.98 Å². The number of piperazine rings is 1. The van der Waals surface area contributed by atoms with Crippen LogP contribution in [0.2, 0.25) is 5.02 Å². The van der Waals surface area contributed by atoms with Crippen LogP contribution in [0.4, 0.5) is 10.2 Å². The van der Waals surface area contributed by atoms with Crippen molar-refractivity contribution in [1.29, 1.82) is 0 Å². The number of likely N-dealkylation sites (N-methyl/N-ethyl adjacent to an activating group) is 1. The molecule has 2 N–H and O–H groups in total. The molecule has 10 heteroatoms. The number of nitrogens with zero attached hydrogens (tertiary/aromatic N) is 5. The number of nitrogens with one attached hydrogen (secondary N) is 1. The number of halogens is 2. The first-order chi connectivity index (χ1) is 19.0. The lowest BCUT2D eigenvalue weighted by molar-refractivity contribution is 0.188. The molecule has 7 rings (SSSR count). The standard InChI is InChI=1S/C29H30ClFN6O2/c1-36-10-4-6-19(36)15-39-29-34-26-21(28(35-29)37-13-17-8-9-18(14-37)33-17)12-32-27(25(26)31)23-20-7-3-2-5-16(20)11-22(38)24(23)30/h2-3,5,7,11-12,17-19,33,38H,4,6,8-10,13-15H2,1H3/t17-,18-,19-/m0/s1. The van der Waals surface area contributed by atoms with E-state index in [4.69, 9.17) is 21.3 Å². The average molecular weight is 549 g/mol. The number of benzene rings is 2. The van der Waals surface area contributed by atoms with Crippen molar-refractivity contribution in [3.8, 4) is 23.0 Å². The number of phenols is 1. The lowest BCUT2D eigenvalue weighted by Gasteiger charge is -2.34. The predicted octanol–water partition coefficient (Wildman–Crippen LogP) is 4.76. The zero-order valence-electron chi connectivity index (χ0n) is 21.7. The van der Waals surface area contributed by atoms with Gasteiger partial charge in [0.25, 0.3) is 0 Å². The van der Waals surface area contributed by atoms with E-state index < -0.39 is 5.82 Å². The van der Waals surface area contributed by atoms with E-state index in [1.807, 2.05) is 24.3 Å². The van der Waals surface area contributed by atoms with Gasteiger partial charge in [-0.25, -0.2) is 4.39 Å². The van der Waals surface area contributed by atoms with Crippen LogP contribution < -0.4 is 15.0 Å². The summed E-state index contributed by atoms with van der Waals surface area (Å²) in [5.74, 6) is -0.108. The molecule has 3 aliphatic rings. The summed E-state index contributed by atoms with van der Waals surface area (Å²) in [6.45, 7) is 3.03. The first kappa shape index (κ1) is 24.7. The maximum atomic E-state index is 16.5. The molecule has 8 nitrogen and oxygen atoms in total. The molecule has 39 heavy (non-hydrogen) atoms. The predicted molar refractivity (Wildman–Crippen MR) is 150 cm³/mol. The summed E-state index contributed by atoms with van der Waals surface area (Å²) < 4.78 is 22.6. The monoisotopic (exact) mass is 548 g/mol. The van der Waals surface area contributed by atoms with Crippen LogP contribution in [0.25, 0.3) is 32.9 Å². The van der Waals surface area contributed by atoms with Crippen LogP contribution >= 0.6 is 11.6 Å². The minimum Gasteiger partial charge on any atom is -0.506 e. The Morgan fingerprint density at radius 3 is 2.69 bits per heavy atom. The second-order valence-corrected chi connectivity index (χ2v) is 11.3. The number of ether oxygens (including phenoxy) is 1. The largest absolute Gasteiger partial charge is 0.506 e. The molecular weight excluding hydrogens is 519 g/mol. The van der Waals surface area contributed by atoms with E-state index >= 15 is 4.39 Å². The molecule has 2 bridgehead atoms. The van der Waals surface area contributed by atoms with Gasteiger partial charge in [-0.1, -0.05) is 35.9 Å². The van der Waals surface area contributed by atoms with Gasteiger partial charge in [0.2, 0.25) is 0 Å². The maximum Gasteiger partial charge on any atom is 0.319 e. The van der Waals surface area contributed by atoms with Crippen molar-refractivity contribution in [2.75, 3.05) is 38.2 Å². The van der Waals surface area contributed by atoms with Gasteiger partial charge >= 0.3 is 6.01 Å². The average Bonchev–Trinajstić information content (AvgIpc) is 3.51. The molecule has 2 aromatic carbocycles. The lowest BCUT2D eigenvalue weighted by Crippen LogP contribution is -2.51. The van der Waals surface area contributed by atoms with E-state index in [0.717, 1.165) is 50.7 Å². The zero-order chi connectivity index (χ0) is 26.7. The highest BCUT2D eigenvalue weighted by Gasteiger charge is 2.34. The van der Waals surface area contributed by atoms with Crippen LogP contribution in [-0.4, -0.2) is 76.4 Å². The second-order valence-electron chi connectivity index (χ2n) is 10.9. The molecule has 2 aromatic heterocycles. The minimum absolute atomic E-state index is 0.0334. The summed E-state index contributed by atoms with van der Waals surface area (Å²) in [5.41, 5.74) is 0.502. The van der Waals surface area contributed by atoms with Crippen LogP contribution in [0.15, 0.2) is 36.5 Å². The van der Waals surface area contributed by atoms with Crippen molar-refractivity contribution in [2.24, 2.45) is 0 Å². The Labute approximate surface area is 230 Å². The highest BCUT2D eigenvalue weighted by Crippen LogP contribution is 2.43. The quantitative estimate of drug-likeness (QED) is 0.369. The van der Waals surface area contributed by atoms with Crippen molar-refractivity contribution in [3.63, 3.8) is 0 Å². The van der Waals surface area contributed by atoms with Crippen molar-refractivity contribution in [3.05, 3.63) is 47.4 Å². The van der Waals surface area contributed by atoms with Gasteiger partial charge in [0.1, 0.15) is 29.4 Å². The van der Waals surface area contributed by atoms with Gasteiger partial charge in [-0.05, 0) is 56.1 Å². The third-order valence-electron chi connectivity index (χ3n) is 8.44. The zero-order valence-corrected chi connectivity index (χ0v) is 22.5. The number of pyridine rings is 1. The molecule has 3 saturated heterocycles. The Hall–Kier alpha value is -3.27. The molecule has 0 unspecified atom stereocenters. The Morgan fingerprint density at radius 2 is 1.92 bits per heavy atom. The third-order valence-corrected chi connectivity index (χ3v) is 8.82. The van der Waals surface area contributed by atoms with Gasteiger partial charge in [-0.2, -0.15) is 9.97 Å². The fourth-order valence-electron chi connectivity index (χ4n) is 6.37. The van der Waals surface area contributed by atoms with Crippen molar-refractivity contribution >= 4 is 39.1 Å². The van der Waals surface area contributed by atoms with Crippen LogP contribution in [0.5, 0.6) is 11.8 Å². The third kappa shape index (κ3) is 4.33. The van der Waals surface area contributed by atoms with Crippen molar-refractivity contribution in [1.82, 2.24) is 25.2 Å². The van der Waals surface area contributed by atoms with Crippen molar-refractivity contribution in [2.45, 2.75) is 43.8 Å². The lowest BCUT2D eigenvalue weighted by atomic mass is 10.00. The molecule has 4 aromatic rings. The number of hydrogen-bond donors (Lipinski definition) is 2. The molecule has 202 valence electrons. The van der Waals surface area contributed by atoms with Gasteiger partial charge in [-0.15, -0.1) is 0 Å². The van der Waals surface area contributed by atoms with Crippen LogP contribution in [0.1, 0.15) is 25.7 Å². The fourth-order valence-corrected chi connectivity index (χ4v) is 6.62. The number of aromatic hydroxyl groups is 1. The molecular formula is C29H30ClFN6O2. The Kier molecular flexibility index (Phi) is 6.17. The minimum atomic E-state index is -0.616. The number of hydrogen-bond acceptors (Lipinski definition) is 8. The van der Waals surface area contributed by atoms with Gasteiger partial charge in [0.05, 0.1) is 10.4 Å². The smallest absolute Gasteiger partial charge is 0.319 e. The van der Waals surface area contributed by atoms with E-state index in [1.165, 1.54) is 0 Å². The van der Waals surface area contributed by atoms with Crippen LogP contribution in [-0.2, 0) is 0 Å². The van der Waals surface area contributed by atoms with Crippen LogP contribution in [0.3, 0.4) is 0 Å². The topological polar surface area (TPSA) is 86.6 Å². The molecule has 0 radical (unpaired) electrons. The fraction of sp³-hybridized carbons (Fsp3) is 0.414. The first-order valence-corrected chi connectivity index (χ1v) is 13.9. The normalized spacial score (nSPS) is 23.3. The molecule has 3 fully saturated rings. The summed E-state index contributed by atoms with van der Waals surface area (Å²) in [4.78, 5) is 18.4. The van der Waals surface area contributed by atoms with Gasteiger partial charge in [0.15, 0.2) is 5.82 Å². The Morgan fingerprint density at radius 1 is 1.13 bits per heavy atom. The molecule has 3 atom stereocenters. The van der Waals surface area contributed by atoms with E-state index in [9.17, 15) is 5.11 Å². The molecule has 0 aliphatic carbocycles. The Bertz CT molecular complexity index is 1570. The molecule has 0 saturated carbocycles. The summed E-state index contributed by atoms with van der Waals surface area (Å²) in [5, 5.41) is 16.2. The number of anilines is 1. The highest BCUT2D eigenvalue weighted by atomic mass is 35.5. The van der Waals surface area contributed by atoms with E-state index in [2.05, 4.69) is 32.1 Å². The summed E-state index contributed by atoms with van der Waals surface area (Å²) >= 11 is 6.56. The summed E-state index contributed by atoms with van der Waals surface area (Å²) in [6, 6.07) is 10.2. The number of likely N-dealkylation sites (tertiary alicyclic amines) is 1. The summed E-state index contributed by atoms with van der Waals surface area (Å²) in [7, 11) is 2.09. The molecule has 3 aliphatic heterocycles. The van der Waals surface area contributed by atoms with E-state index in [-0.39, 0.29) is 34.0 Å². The van der Waals surface area contributed by atoms with Gasteiger partial charge in [0, 0.05) is 43.0 Å². The molecule has 0 spiro atoms. The number of rotatable bonds is 5. The van der Waals surface area contributed by atoms with Crippen LogP contribution in [0, 0.1) is 5.82 Å². The SMILES string of the molecule is CN1CCC[C@H]1COc1nc(N2C[C@@H]3CC[C@@H](C2)N3)c2cnc(-c3c(Cl)c(O)cc4ccccc34)c(F)c2n1. The Balaban J connectivity index is 1.38. The van der Waals surface area contributed by atoms with E-state index in [1.54, 1.807) is 12.3 Å². The second kappa shape index (κ2) is 9.73.